The van der Waals surface area contributed by atoms with Gasteiger partial charge in [0.1, 0.15) is 50.6 Å². The Morgan fingerprint density at radius 3 is 0.369 bits per heavy atom. The zero-order valence-electron chi connectivity index (χ0n) is 43.3. The van der Waals surface area contributed by atoms with Crippen molar-refractivity contribution in [2.75, 3.05) is 0 Å². The molecule has 0 atom stereocenters. The van der Waals surface area contributed by atoms with E-state index in [9.17, 15) is 0 Å². The molecule has 8 aromatic heterocycles. The van der Waals surface area contributed by atoms with Crippen LogP contribution < -0.4 is 0 Å². The monoisotopic (exact) mass is 1290 g/mol. The maximum Gasteiger partial charge on any atom is 2.00 e. The zero-order valence-corrected chi connectivity index (χ0v) is 45.2. The number of hydrogen-bond donors (Lipinski definition) is 0. The van der Waals surface area contributed by atoms with Crippen molar-refractivity contribution in [2.24, 2.45) is 0 Å². The molecule has 16 rings (SSSR count). The van der Waals surface area contributed by atoms with Gasteiger partial charge in [0.2, 0.25) is 0 Å². The van der Waals surface area contributed by atoms with Crippen molar-refractivity contribution in [3.63, 3.8) is 0 Å². The summed E-state index contributed by atoms with van der Waals surface area (Å²) in [5.41, 5.74) is 0. The quantitative estimate of drug-likeness (QED) is 0.0644. The number of hydrogen-bond acceptors (Lipinski definition) is 36. The second kappa shape index (κ2) is 39.7. The average Bonchev–Trinajstić information content (AvgIpc) is 4.28. The molecule has 0 aliphatic heterocycles. The van der Waals surface area contributed by atoms with Gasteiger partial charge >= 0.3 is 34.1 Å². The first-order valence-electron chi connectivity index (χ1n) is 23.7. The Bertz CT molecular complexity index is 2240. The fourth-order valence-corrected chi connectivity index (χ4v) is 5.40. The van der Waals surface area contributed by atoms with E-state index in [0.717, 1.165) is 0 Å². The van der Waals surface area contributed by atoms with Crippen LogP contribution in [-0.4, -0.2) is 182 Å². The summed E-state index contributed by atoms with van der Waals surface area (Å²) in [6.45, 7) is 0. The third-order valence-electron chi connectivity index (χ3n) is 10.3. The van der Waals surface area contributed by atoms with Gasteiger partial charge in [0, 0.05) is 0 Å². The fraction of sp³-hybridized carbons (Fsp3) is 0.750. The maximum atomic E-state index is 8.25. The van der Waals surface area contributed by atoms with Crippen LogP contribution in [0.25, 0.3) is 0 Å². The van der Waals surface area contributed by atoms with Crippen LogP contribution in [0.2, 0.25) is 0 Å². The molecule has 8 saturated carbocycles. The van der Waals surface area contributed by atoms with Gasteiger partial charge < -0.3 is 72.2 Å². The van der Waals surface area contributed by atoms with E-state index >= 15 is 0 Å². The molecular weight excluding hydrogens is 1240 g/mol. The van der Waals surface area contributed by atoms with Crippen LogP contribution in [0.5, 0.6) is 0 Å². The van der Waals surface area contributed by atoms with Crippen molar-refractivity contribution < 1.29 is 65.4 Å². The van der Waals surface area contributed by atoms with Crippen LogP contribution in [-0.2, 0) is 45.1 Å². The van der Waals surface area contributed by atoms with Gasteiger partial charge in [-0.3, -0.25) is 0 Å². The van der Waals surface area contributed by atoms with E-state index in [0.29, 0.717) is 48.3 Å². The summed E-state index contributed by atoms with van der Waals surface area (Å²) in [6.07, 6.45) is 33.2. The SMILES string of the molecule is O=[N+]([O-])[O-].O=[N+]([O-])[O-].O=[N+]([O-])[O-].O=[N+]([O-])[O-].[Cu+2].[Cu+2].[OH3+].[OH3+].c1nnnn1C1CC1.c1nnnn1C1CC1.c1nnnn1C1CC1.c1nnnn1C1CC1.c1nnnn1C1CC1.c1nnnn1C1CC1.c1nnnn1C1CC1.c1nnnn1C1CC1. The number of aromatic nitrogens is 32. The van der Waals surface area contributed by atoms with Crippen molar-refractivity contribution in [3.8, 4) is 0 Å². The largest absolute Gasteiger partial charge is 2.00 e. The standard InChI is InChI=1S/8C4H6N4.2Cu.4NO3.2H2O/c8*1-2-4(1)8-3-5-6-7-8;;;4*2-1(3)4;;/h8*3-4H,1-2H2;;;;;;;2*1H2/q;;;;;;;;2*+2;4*-1;;/p+2. The third kappa shape index (κ3) is 35.1. The van der Waals surface area contributed by atoms with Crippen molar-refractivity contribution in [3.05, 3.63) is 112 Å². The molecule has 8 heterocycles. The summed E-state index contributed by atoms with van der Waals surface area (Å²) in [5.74, 6) is 0. The summed E-state index contributed by atoms with van der Waals surface area (Å²) in [5, 5.41) is 145. The van der Waals surface area contributed by atoms with Gasteiger partial charge in [-0.15, -0.1) is 40.8 Å². The zero-order chi connectivity index (χ0) is 57.5. The molecule has 50 nitrogen and oxygen atoms in total. The van der Waals surface area contributed by atoms with E-state index < -0.39 is 20.3 Å². The first kappa shape index (κ1) is 72.3. The molecule has 466 valence electrons. The number of rotatable bonds is 8. The van der Waals surface area contributed by atoms with Crippen LogP contribution in [0.3, 0.4) is 0 Å². The molecule has 8 aliphatic rings. The molecule has 84 heavy (non-hydrogen) atoms. The molecule has 0 amide bonds. The summed E-state index contributed by atoms with van der Waals surface area (Å²) < 4.78 is 14.4. The molecule has 0 bridgehead atoms. The smallest absolute Gasteiger partial charge is 0.457 e. The first-order valence-corrected chi connectivity index (χ1v) is 23.7. The van der Waals surface area contributed by atoms with Crippen molar-refractivity contribution in [2.45, 2.75) is 151 Å². The van der Waals surface area contributed by atoms with Crippen molar-refractivity contribution in [1.29, 1.82) is 0 Å². The Morgan fingerprint density at radius 1 is 0.238 bits per heavy atom. The van der Waals surface area contributed by atoms with Gasteiger partial charge in [0.15, 0.2) is 0 Å². The van der Waals surface area contributed by atoms with E-state index in [1.807, 2.05) is 0 Å². The first-order chi connectivity index (χ1) is 38.7. The number of nitrogens with zero attached hydrogens (tertiary/aromatic N) is 36. The summed E-state index contributed by atoms with van der Waals surface area (Å²) in [4.78, 5) is 33.0. The van der Waals surface area contributed by atoms with Crippen LogP contribution in [0, 0.1) is 61.3 Å². The summed E-state index contributed by atoms with van der Waals surface area (Å²) >= 11 is 0. The van der Waals surface area contributed by atoms with E-state index in [1.165, 1.54) is 103 Å². The topological polar surface area (TPSA) is 680 Å². The van der Waals surface area contributed by atoms with Crippen molar-refractivity contribution >= 4 is 0 Å². The predicted octanol–water partition coefficient (Wildman–Crippen LogP) is -2.74. The van der Waals surface area contributed by atoms with Crippen LogP contribution >= 0.6 is 0 Å². The minimum atomic E-state index is -1.75. The Balaban J connectivity index is 0.000000461. The van der Waals surface area contributed by atoms with E-state index in [-0.39, 0.29) is 45.1 Å². The second-order valence-corrected chi connectivity index (χ2v) is 17.1. The van der Waals surface area contributed by atoms with E-state index in [4.69, 9.17) is 61.3 Å². The minimum Gasteiger partial charge on any atom is -0.457 e. The average molecular weight is 1290 g/mol. The van der Waals surface area contributed by atoms with Gasteiger partial charge in [-0.2, -0.15) is 0 Å². The summed E-state index contributed by atoms with van der Waals surface area (Å²) in [6, 6.07) is 4.93. The Morgan fingerprint density at radius 2 is 0.321 bits per heavy atom. The maximum absolute atomic E-state index is 8.25. The van der Waals surface area contributed by atoms with E-state index in [1.54, 1.807) is 88.1 Å². The molecule has 0 saturated heterocycles. The molecule has 2 radical (unpaired) electrons. The Hall–Kier alpha value is -9.68. The molecule has 52 heteroatoms. The van der Waals surface area contributed by atoms with Gasteiger partial charge in [0.25, 0.3) is 0 Å². The third-order valence-corrected chi connectivity index (χ3v) is 10.3. The Labute approximate surface area is 488 Å². The molecule has 6 N–H and O–H groups in total. The van der Waals surface area contributed by atoms with Gasteiger partial charge in [-0.05, 0) is 186 Å². The van der Waals surface area contributed by atoms with Gasteiger partial charge in [0.05, 0.1) is 68.7 Å². The fourth-order valence-electron chi connectivity index (χ4n) is 5.40. The number of tetrazole rings is 8. The molecule has 0 aromatic carbocycles. The van der Waals surface area contributed by atoms with Crippen LogP contribution in [0.4, 0.5) is 0 Å². The minimum absolute atomic E-state index is 0. The Kier molecular flexibility index (Phi) is 34.2. The van der Waals surface area contributed by atoms with E-state index in [2.05, 4.69) is 124 Å². The van der Waals surface area contributed by atoms with Gasteiger partial charge in [-0.25, -0.2) is 37.5 Å². The summed E-state index contributed by atoms with van der Waals surface area (Å²) in [7, 11) is 0. The normalized spacial score (nSPS) is 15.6. The van der Waals surface area contributed by atoms with Crippen LogP contribution in [0.1, 0.15) is 151 Å². The molecule has 0 spiro atoms. The van der Waals surface area contributed by atoms with Crippen LogP contribution in [0.15, 0.2) is 50.6 Å². The molecule has 8 fully saturated rings. The molecule has 8 aromatic rings. The van der Waals surface area contributed by atoms with Gasteiger partial charge in [-0.1, -0.05) is 0 Å². The molecule has 0 unspecified atom stereocenters. The predicted molar refractivity (Wildman–Crippen MR) is 260 cm³/mol. The van der Waals surface area contributed by atoms with Crippen molar-refractivity contribution in [1.82, 2.24) is 162 Å². The second-order valence-electron chi connectivity index (χ2n) is 17.1. The molecule has 8 aliphatic carbocycles. The molecular formula is C32H54Cu2N36O14+2.